The van der Waals surface area contributed by atoms with E-state index in [1.807, 2.05) is 30.3 Å². The predicted octanol–water partition coefficient (Wildman–Crippen LogP) is 0.549. The van der Waals surface area contributed by atoms with Crippen LogP contribution in [0.1, 0.15) is 5.56 Å². The molecule has 1 rings (SSSR count). The van der Waals surface area contributed by atoms with Crippen LogP contribution in [0.25, 0.3) is 0 Å². The van der Waals surface area contributed by atoms with E-state index in [1.54, 1.807) is 0 Å². The number of nitrogens with two attached hydrogens (primary N) is 1. The number of hydrogen-bond donors (Lipinski definition) is 2. The van der Waals surface area contributed by atoms with Gasteiger partial charge in [-0.3, -0.25) is 0 Å². The van der Waals surface area contributed by atoms with Gasteiger partial charge >= 0.3 is 0 Å². The Labute approximate surface area is 66.7 Å². The Bertz CT molecular complexity index is 198. The van der Waals surface area contributed by atoms with E-state index in [9.17, 15) is 5.11 Å². The molecule has 11 heavy (non-hydrogen) atoms. The molecule has 0 aliphatic carbocycles. The van der Waals surface area contributed by atoms with E-state index in [0.29, 0.717) is 13.0 Å². The first-order valence-corrected chi connectivity index (χ1v) is 3.75. The van der Waals surface area contributed by atoms with Crippen LogP contribution in [-0.4, -0.2) is 17.8 Å². The first kappa shape index (κ1) is 8.24. The molecule has 0 spiro atoms. The summed E-state index contributed by atoms with van der Waals surface area (Å²) in [4.78, 5) is 0. The molecular formula is C9H13NO. The van der Waals surface area contributed by atoms with Gasteiger partial charge in [-0.15, -0.1) is 0 Å². The Morgan fingerprint density at radius 1 is 1.27 bits per heavy atom. The van der Waals surface area contributed by atoms with Gasteiger partial charge in [-0.05, 0) is 12.0 Å². The Balaban J connectivity index is 2.51. The highest BCUT2D eigenvalue weighted by Gasteiger charge is 2.00. The van der Waals surface area contributed by atoms with Crippen molar-refractivity contribution in [3.05, 3.63) is 35.9 Å². The standard InChI is InChI=1S/C9H13NO/c10-7-9(11)6-8-4-2-1-3-5-8/h1-5,9,11H,6-7,10H2. The van der Waals surface area contributed by atoms with Gasteiger partial charge in [-0.1, -0.05) is 30.3 Å². The van der Waals surface area contributed by atoms with Crippen molar-refractivity contribution in [1.82, 2.24) is 0 Å². The van der Waals surface area contributed by atoms with Gasteiger partial charge < -0.3 is 10.8 Å². The van der Waals surface area contributed by atoms with Gasteiger partial charge in [-0.2, -0.15) is 0 Å². The smallest absolute Gasteiger partial charge is 0.0702 e. The zero-order valence-corrected chi connectivity index (χ0v) is 6.40. The summed E-state index contributed by atoms with van der Waals surface area (Å²) < 4.78 is 0. The van der Waals surface area contributed by atoms with Crippen LogP contribution in [0.15, 0.2) is 30.3 Å². The second-order valence-corrected chi connectivity index (χ2v) is 2.58. The molecule has 0 aliphatic rings. The Morgan fingerprint density at radius 3 is 2.45 bits per heavy atom. The minimum Gasteiger partial charge on any atom is -0.391 e. The lowest BCUT2D eigenvalue weighted by Crippen LogP contribution is -2.21. The molecule has 3 N–H and O–H groups in total. The van der Waals surface area contributed by atoms with Crippen molar-refractivity contribution in [2.24, 2.45) is 5.73 Å². The highest BCUT2D eigenvalue weighted by Crippen LogP contribution is 2.01. The number of hydrogen-bond acceptors (Lipinski definition) is 2. The molecule has 0 radical (unpaired) electrons. The van der Waals surface area contributed by atoms with Gasteiger partial charge in [-0.25, -0.2) is 0 Å². The van der Waals surface area contributed by atoms with Crippen LogP contribution in [0.2, 0.25) is 0 Å². The lowest BCUT2D eigenvalue weighted by molar-refractivity contribution is 0.183. The normalized spacial score (nSPS) is 12.9. The second-order valence-electron chi connectivity index (χ2n) is 2.58. The van der Waals surface area contributed by atoms with Gasteiger partial charge in [0.15, 0.2) is 0 Å². The largest absolute Gasteiger partial charge is 0.391 e. The Morgan fingerprint density at radius 2 is 1.91 bits per heavy atom. The summed E-state index contributed by atoms with van der Waals surface area (Å²) in [5.74, 6) is 0. The SMILES string of the molecule is NCC(O)Cc1ccccc1. The van der Waals surface area contributed by atoms with Gasteiger partial charge in [0.25, 0.3) is 0 Å². The average molecular weight is 151 g/mol. The molecule has 2 nitrogen and oxygen atoms in total. The third-order valence-corrected chi connectivity index (χ3v) is 1.59. The van der Waals surface area contributed by atoms with Crippen molar-refractivity contribution in [3.8, 4) is 0 Å². The van der Waals surface area contributed by atoms with Crippen molar-refractivity contribution >= 4 is 0 Å². The molecule has 1 aromatic carbocycles. The zero-order chi connectivity index (χ0) is 8.10. The van der Waals surface area contributed by atoms with Crippen LogP contribution in [0, 0.1) is 0 Å². The van der Waals surface area contributed by atoms with Gasteiger partial charge in [0.05, 0.1) is 6.10 Å². The van der Waals surface area contributed by atoms with E-state index in [-0.39, 0.29) is 0 Å². The minimum absolute atomic E-state index is 0.328. The molecule has 60 valence electrons. The van der Waals surface area contributed by atoms with Gasteiger partial charge in [0.1, 0.15) is 0 Å². The van der Waals surface area contributed by atoms with Crippen LogP contribution in [0.5, 0.6) is 0 Å². The molecule has 0 aliphatic heterocycles. The maximum absolute atomic E-state index is 9.19. The third-order valence-electron chi connectivity index (χ3n) is 1.59. The van der Waals surface area contributed by atoms with Crippen molar-refractivity contribution in [3.63, 3.8) is 0 Å². The number of aliphatic hydroxyl groups is 1. The monoisotopic (exact) mass is 151 g/mol. The van der Waals surface area contributed by atoms with Crippen molar-refractivity contribution in [2.75, 3.05) is 6.54 Å². The van der Waals surface area contributed by atoms with E-state index < -0.39 is 6.10 Å². The third kappa shape index (κ3) is 2.70. The summed E-state index contributed by atoms with van der Waals surface area (Å²) in [6.45, 7) is 0.328. The summed E-state index contributed by atoms with van der Waals surface area (Å²) in [6.07, 6.45) is 0.245. The predicted molar refractivity (Wildman–Crippen MR) is 45.2 cm³/mol. The molecule has 0 fully saturated rings. The Kier molecular flexibility index (Phi) is 3.08. The molecule has 0 amide bonds. The van der Waals surface area contributed by atoms with E-state index in [0.717, 1.165) is 5.56 Å². The highest BCUT2D eigenvalue weighted by atomic mass is 16.3. The molecule has 0 bridgehead atoms. The van der Waals surface area contributed by atoms with Crippen LogP contribution >= 0.6 is 0 Å². The molecule has 1 unspecified atom stereocenters. The molecule has 1 atom stereocenters. The number of benzene rings is 1. The molecule has 0 aromatic heterocycles. The second kappa shape index (κ2) is 4.11. The van der Waals surface area contributed by atoms with E-state index in [1.165, 1.54) is 0 Å². The van der Waals surface area contributed by atoms with Crippen LogP contribution < -0.4 is 5.73 Å². The highest BCUT2D eigenvalue weighted by molar-refractivity contribution is 5.15. The first-order chi connectivity index (χ1) is 5.33. The van der Waals surface area contributed by atoms with Crippen molar-refractivity contribution in [1.29, 1.82) is 0 Å². The average Bonchev–Trinajstić information content (AvgIpc) is 2.06. The molecule has 0 saturated carbocycles. The number of aliphatic hydroxyl groups excluding tert-OH is 1. The number of rotatable bonds is 3. The van der Waals surface area contributed by atoms with Crippen molar-refractivity contribution < 1.29 is 5.11 Å². The molecule has 0 heterocycles. The van der Waals surface area contributed by atoms with E-state index in [2.05, 4.69) is 0 Å². The summed E-state index contributed by atoms with van der Waals surface area (Å²) in [6, 6.07) is 9.84. The zero-order valence-electron chi connectivity index (χ0n) is 6.40. The first-order valence-electron chi connectivity index (χ1n) is 3.75. The maximum atomic E-state index is 9.19. The lowest BCUT2D eigenvalue weighted by atomic mass is 10.1. The topological polar surface area (TPSA) is 46.2 Å². The quantitative estimate of drug-likeness (QED) is 0.662. The molecular weight excluding hydrogens is 138 g/mol. The fourth-order valence-corrected chi connectivity index (χ4v) is 0.970. The molecule has 2 heteroatoms. The summed E-state index contributed by atoms with van der Waals surface area (Å²) in [5, 5.41) is 9.19. The fraction of sp³-hybridized carbons (Fsp3) is 0.333. The van der Waals surface area contributed by atoms with Crippen LogP contribution in [0.3, 0.4) is 0 Å². The Hall–Kier alpha value is -0.860. The lowest BCUT2D eigenvalue weighted by Gasteiger charge is -2.06. The van der Waals surface area contributed by atoms with Gasteiger partial charge in [0, 0.05) is 6.54 Å². The molecule has 1 aromatic rings. The summed E-state index contributed by atoms with van der Waals surface area (Å²) in [7, 11) is 0. The van der Waals surface area contributed by atoms with Gasteiger partial charge in [0.2, 0.25) is 0 Å². The van der Waals surface area contributed by atoms with E-state index >= 15 is 0 Å². The summed E-state index contributed by atoms with van der Waals surface area (Å²) >= 11 is 0. The van der Waals surface area contributed by atoms with Crippen molar-refractivity contribution in [2.45, 2.75) is 12.5 Å². The summed E-state index contributed by atoms with van der Waals surface area (Å²) in [5.41, 5.74) is 6.40. The maximum Gasteiger partial charge on any atom is 0.0702 e. The van der Waals surface area contributed by atoms with E-state index in [4.69, 9.17) is 5.73 Å². The van der Waals surface area contributed by atoms with Crippen LogP contribution in [-0.2, 0) is 6.42 Å². The fourth-order valence-electron chi connectivity index (χ4n) is 0.970. The van der Waals surface area contributed by atoms with Crippen LogP contribution in [0.4, 0.5) is 0 Å². The minimum atomic E-state index is -0.405. The molecule has 0 saturated heterocycles.